The van der Waals surface area contributed by atoms with Crippen LogP contribution in [0.3, 0.4) is 0 Å². The lowest BCUT2D eigenvalue weighted by Gasteiger charge is -2.22. The van der Waals surface area contributed by atoms with Crippen LogP contribution >= 0.6 is 11.6 Å². The number of hydrogen-bond acceptors (Lipinski definition) is 4. The Morgan fingerprint density at radius 2 is 2.08 bits per heavy atom. The third kappa shape index (κ3) is 3.20. The van der Waals surface area contributed by atoms with E-state index in [1.165, 1.54) is 12.1 Å². The van der Waals surface area contributed by atoms with Crippen molar-refractivity contribution in [1.82, 2.24) is 15.0 Å². The number of carbonyl (C=O) groups excluding carboxylic acids is 1. The summed E-state index contributed by atoms with van der Waals surface area (Å²) in [6.45, 7) is 0.376. The fourth-order valence-corrected chi connectivity index (χ4v) is 3.31. The molecule has 1 amide bonds. The van der Waals surface area contributed by atoms with Crippen molar-refractivity contribution in [2.24, 2.45) is 0 Å². The van der Waals surface area contributed by atoms with Gasteiger partial charge in [0.2, 0.25) is 17.6 Å². The van der Waals surface area contributed by atoms with Gasteiger partial charge in [-0.1, -0.05) is 47.1 Å². The van der Waals surface area contributed by atoms with Crippen molar-refractivity contribution in [2.75, 3.05) is 0 Å². The molecule has 0 saturated carbocycles. The van der Waals surface area contributed by atoms with Crippen LogP contribution < -0.4 is 0 Å². The standard InChI is InChI=1S/C19H15ClFN3O2/c20-15-7-2-1-4-13(15)11-24-16(8-9-17(24)25)19-22-18(23-26-19)12-5-3-6-14(21)10-12/h1-7,10,16H,8-9,11H2. The lowest BCUT2D eigenvalue weighted by Crippen LogP contribution is -2.27. The molecule has 7 heteroatoms. The average Bonchev–Trinajstić information content (AvgIpc) is 3.25. The number of halogens is 2. The molecule has 2 aromatic carbocycles. The fourth-order valence-electron chi connectivity index (χ4n) is 3.11. The van der Waals surface area contributed by atoms with Crippen LogP contribution in [0.25, 0.3) is 11.4 Å². The van der Waals surface area contributed by atoms with Crippen LogP contribution in [0.4, 0.5) is 4.39 Å². The molecule has 0 N–H and O–H groups in total. The van der Waals surface area contributed by atoms with Crippen molar-refractivity contribution in [3.63, 3.8) is 0 Å². The van der Waals surface area contributed by atoms with Gasteiger partial charge in [0.05, 0.1) is 0 Å². The van der Waals surface area contributed by atoms with Crippen LogP contribution in [-0.4, -0.2) is 20.9 Å². The lowest BCUT2D eigenvalue weighted by atomic mass is 10.1. The van der Waals surface area contributed by atoms with Crippen LogP contribution in [0.2, 0.25) is 5.02 Å². The van der Waals surface area contributed by atoms with Gasteiger partial charge in [-0.3, -0.25) is 4.79 Å². The molecule has 1 unspecified atom stereocenters. The molecule has 0 spiro atoms. The Morgan fingerprint density at radius 1 is 1.23 bits per heavy atom. The van der Waals surface area contributed by atoms with Gasteiger partial charge in [0.25, 0.3) is 0 Å². The van der Waals surface area contributed by atoms with Gasteiger partial charge in [-0.2, -0.15) is 4.98 Å². The number of benzene rings is 2. The largest absolute Gasteiger partial charge is 0.337 e. The Bertz CT molecular complexity index is 959. The molecule has 0 aliphatic carbocycles. The second-order valence-corrected chi connectivity index (χ2v) is 6.54. The predicted octanol–water partition coefficient (Wildman–Crippen LogP) is 4.39. The zero-order chi connectivity index (χ0) is 18.1. The Labute approximate surface area is 154 Å². The van der Waals surface area contributed by atoms with Crippen molar-refractivity contribution >= 4 is 17.5 Å². The van der Waals surface area contributed by atoms with E-state index in [1.807, 2.05) is 18.2 Å². The van der Waals surface area contributed by atoms with Crippen molar-refractivity contribution in [3.8, 4) is 11.4 Å². The number of likely N-dealkylation sites (tertiary alicyclic amines) is 1. The molecule has 2 heterocycles. The van der Waals surface area contributed by atoms with E-state index < -0.39 is 0 Å². The second kappa shape index (κ2) is 6.88. The van der Waals surface area contributed by atoms with E-state index in [9.17, 15) is 9.18 Å². The molecule has 3 aromatic rings. The number of hydrogen-bond donors (Lipinski definition) is 0. The second-order valence-electron chi connectivity index (χ2n) is 6.13. The Balaban J connectivity index is 1.60. The number of carbonyl (C=O) groups is 1. The van der Waals surface area contributed by atoms with Crippen molar-refractivity contribution < 1.29 is 13.7 Å². The molecule has 0 radical (unpaired) electrons. The smallest absolute Gasteiger partial charge is 0.249 e. The number of rotatable bonds is 4. The summed E-state index contributed by atoms with van der Waals surface area (Å²) in [5.41, 5.74) is 1.39. The SMILES string of the molecule is O=C1CCC(c2nc(-c3cccc(F)c3)no2)N1Cc1ccccc1Cl. The molecule has 1 aliphatic rings. The van der Waals surface area contributed by atoms with E-state index >= 15 is 0 Å². The van der Waals surface area contributed by atoms with Crippen LogP contribution in [0.15, 0.2) is 53.1 Å². The molecular formula is C19H15ClFN3O2. The summed E-state index contributed by atoms with van der Waals surface area (Å²) in [7, 11) is 0. The molecule has 0 bridgehead atoms. The van der Waals surface area contributed by atoms with Crippen molar-refractivity contribution in [1.29, 1.82) is 0 Å². The Hall–Kier alpha value is -2.73. The minimum atomic E-state index is -0.370. The van der Waals surface area contributed by atoms with Crippen LogP contribution in [0.1, 0.15) is 30.3 Å². The van der Waals surface area contributed by atoms with E-state index in [1.54, 1.807) is 23.1 Å². The van der Waals surface area contributed by atoms with E-state index in [2.05, 4.69) is 10.1 Å². The third-order valence-electron chi connectivity index (χ3n) is 4.44. The lowest BCUT2D eigenvalue weighted by molar-refractivity contribution is -0.129. The highest BCUT2D eigenvalue weighted by Crippen LogP contribution is 2.35. The summed E-state index contributed by atoms with van der Waals surface area (Å²) in [5.74, 6) is 0.296. The van der Waals surface area contributed by atoms with E-state index in [0.29, 0.717) is 41.7 Å². The fraction of sp³-hybridized carbons (Fsp3) is 0.211. The van der Waals surface area contributed by atoms with Crippen LogP contribution in [0.5, 0.6) is 0 Å². The van der Waals surface area contributed by atoms with E-state index in [4.69, 9.17) is 16.1 Å². The Kier molecular flexibility index (Phi) is 4.42. The zero-order valence-electron chi connectivity index (χ0n) is 13.7. The normalized spacial score (nSPS) is 17.1. The van der Waals surface area contributed by atoms with Gasteiger partial charge in [-0.25, -0.2) is 4.39 Å². The van der Waals surface area contributed by atoms with Gasteiger partial charge in [0, 0.05) is 23.6 Å². The molecule has 1 fully saturated rings. The predicted molar refractivity (Wildman–Crippen MR) is 93.7 cm³/mol. The third-order valence-corrected chi connectivity index (χ3v) is 4.81. The maximum absolute atomic E-state index is 13.4. The molecule has 1 aliphatic heterocycles. The maximum atomic E-state index is 13.4. The average molecular weight is 372 g/mol. The van der Waals surface area contributed by atoms with E-state index in [-0.39, 0.29) is 17.8 Å². The highest BCUT2D eigenvalue weighted by atomic mass is 35.5. The summed E-state index contributed by atoms with van der Waals surface area (Å²) in [5, 5.41) is 4.55. The Morgan fingerprint density at radius 3 is 2.88 bits per heavy atom. The first kappa shape index (κ1) is 16.7. The number of nitrogens with zero attached hydrogens (tertiary/aromatic N) is 3. The molecule has 26 heavy (non-hydrogen) atoms. The van der Waals surface area contributed by atoms with E-state index in [0.717, 1.165) is 5.56 Å². The molecule has 1 aromatic heterocycles. The minimum absolute atomic E-state index is 0.0143. The summed E-state index contributed by atoms with van der Waals surface area (Å²) < 4.78 is 18.8. The van der Waals surface area contributed by atoms with Gasteiger partial charge in [-0.15, -0.1) is 0 Å². The summed E-state index contributed by atoms with van der Waals surface area (Å²) in [4.78, 5) is 18.4. The molecular weight excluding hydrogens is 357 g/mol. The van der Waals surface area contributed by atoms with Crippen LogP contribution in [0, 0.1) is 5.82 Å². The zero-order valence-corrected chi connectivity index (χ0v) is 14.5. The quantitative estimate of drug-likeness (QED) is 0.682. The van der Waals surface area contributed by atoms with Crippen molar-refractivity contribution in [2.45, 2.75) is 25.4 Å². The number of amides is 1. The first-order valence-corrected chi connectivity index (χ1v) is 8.62. The highest BCUT2D eigenvalue weighted by molar-refractivity contribution is 6.31. The number of aromatic nitrogens is 2. The summed E-state index contributed by atoms with van der Waals surface area (Å²) >= 11 is 6.22. The van der Waals surface area contributed by atoms with Gasteiger partial charge >= 0.3 is 0 Å². The molecule has 1 atom stereocenters. The summed E-state index contributed by atoms with van der Waals surface area (Å²) in [6, 6.07) is 13.1. The topological polar surface area (TPSA) is 59.2 Å². The van der Waals surface area contributed by atoms with Gasteiger partial charge in [0.15, 0.2) is 0 Å². The first-order chi connectivity index (χ1) is 12.6. The summed E-state index contributed by atoms with van der Waals surface area (Å²) in [6.07, 6.45) is 1.00. The first-order valence-electron chi connectivity index (χ1n) is 8.24. The van der Waals surface area contributed by atoms with Gasteiger partial charge in [-0.05, 0) is 30.2 Å². The van der Waals surface area contributed by atoms with Crippen LogP contribution in [-0.2, 0) is 11.3 Å². The monoisotopic (exact) mass is 371 g/mol. The molecule has 5 nitrogen and oxygen atoms in total. The molecule has 1 saturated heterocycles. The van der Waals surface area contributed by atoms with Gasteiger partial charge in [0.1, 0.15) is 11.9 Å². The van der Waals surface area contributed by atoms with Crippen molar-refractivity contribution in [3.05, 3.63) is 70.8 Å². The maximum Gasteiger partial charge on any atom is 0.249 e. The van der Waals surface area contributed by atoms with Gasteiger partial charge < -0.3 is 9.42 Å². The minimum Gasteiger partial charge on any atom is -0.337 e. The molecule has 4 rings (SSSR count). The highest BCUT2D eigenvalue weighted by Gasteiger charge is 2.36. The molecule has 132 valence electrons.